The maximum atomic E-state index is 2.74. The first kappa shape index (κ1) is 18.5. The van der Waals surface area contributed by atoms with Crippen LogP contribution in [0.1, 0.15) is 36.0 Å². The molecule has 0 spiro atoms. The van der Waals surface area contributed by atoms with Crippen LogP contribution < -0.4 is 0 Å². The molecule has 0 bridgehead atoms. The lowest BCUT2D eigenvalue weighted by Crippen LogP contribution is -2.38. The molecule has 0 radical (unpaired) electrons. The van der Waals surface area contributed by atoms with Crippen molar-refractivity contribution in [2.24, 2.45) is 11.8 Å². The second-order valence-electron chi connectivity index (χ2n) is 7.81. The summed E-state index contributed by atoms with van der Waals surface area (Å²) in [4.78, 5) is 2.74. The summed E-state index contributed by atoms with van der Waals surface area (Å²) >= 11 is 0. The van der Waals surface area contributed by atoms with Crippen LogP contribution in [0.15, 0.2) is 54.6 Å². The Balaban J connectivity index is 0.00000182. The van der Waals surface area contributed by atoms with Crippen molar-refractivity contribution in [2.75, 3.05) is 19.6 Å². The molecule has 1 heterocycles. The fourth-order valence-corrected chi connectivity index (χ4v) is 4.61. The molecule has 1 unspecified atom stereocenters. The summed E-state index contributed by atoms with van der Waals surface area (Å²) in [5.41, 5.74) is 4.71. The fourth-order valence-electron chi connectivity index (χ4n) is 4.61. The van der Waals surface area contributed by atoms with E-state index in [0.717, 1.165) is 11.8 Å². The number of fused-ring (bicyclic) bond motifs is 1. The zero-order chi connectivity index (χ0) is 16.2. The van der Waals surface area contributed by atoms with E-state index in [-0.39, 0.29) is 12.4 Å². The lowest BCUT2D eigenvalue weighted by atomic mass is 9.83. The van der Waals surface area contributed by atoms with Gasteiger partial charge in [-0.05, 0) is 80.1 Å². The monoisotopic (exact) mass is 355 g/mol. The molecule has 0 N–H and O–H groups in total. The van der Waals surface area contributed by atoms with E-state index in [1.54, 1.807) is 11.1 Å². The lowest BCUT2D eigenvalue weighted by molar-refractivity contribution is 0.155. The number of nitrogens with zero attached hydrogens (tertiary/aromatic N) is 1. The molecule has 2 heteroatoms. The molecular weight excluding hydrogens is 326 g/mol. The van der Waals surface area contributed by atoms with Crippen LogP contribution in [0, 0.1) is 11.8 Å². The summed E-state index contributed by atoms with van der Waals surface area (Å²) in [7, 11) is 0. The predicted molar refractivity (Wildman–Crippen MR) is 109 cm³/mol. The molecule has 2 aromatic rings. The van der Waals surface area contributed by atoms with Gasteiger partial charge in [0.25, 0.3) is 0 Å². The largest absolute Gasteiger partial charge is 0.303 e. The second-order valence-corrected chi connectivity index (χ2v) is 7.81. The van der Waals surface area contributed by atoms with Crippen molar-refractivity contribution in [1.29, 1.82) is 0 Å². The fraction of sp³-hybridized carbons (Fsp3) is 0.478. The second kappa shape index (κ2) is 8.87. The lowest BCUT2D eigenvalue weighted by Gasteiger charge is -2.35. The summed E-state index contributed by atoms with van der Waals surface area (Å²) in [6.07, 6.45) is 7.97. The van der Waals surface area contributed by atoms with Gasteiger partial charge in [-0.3, -0.25) is 0 Å². The number of likely N-dealkylation sites (tertiary alicyclic amines) is 1. The number of aryl methyl sites for hydroxylation is 1. The molecule has 1 aliphatic carbocycles. The molecule has 1 atom stereocenters. The minimum Gasteiger partial charge on any atom is -0.303 e. The highest BCUT2D eigenvalue weighted by Gasteiger charge is 2.24. The molecule has 0 amide bonds. The first-order chi connectivity index (χ1) is 11.9. The number of piperidine rings is 1. The Morgan fingerprint density at radius 2 is 1.44 bits per heavy atom. The van der Waals surface area contributed by atoms with Gasteiger partial charge in [-0.15, -0.1) is 12.4 Å². The molecule has 0 aromatic heterocycles. The quantitative estimate of drug-likeness (QED) is 0.731. The smallest absolute Gasteiger partial charge is 0.00130 e. The standard InChI is InChI=1S/C23H29N.ClH/c1-2-6-19(7-3-1)16-20-12-14-24(15-13-20)18-21-10-11-22-8-4-5-9-23(22)17-21;/h1-9,20-21H,10-18H2;1H. The maximum absolute atomic E-state index is 2.74. The molecule has 2 aliphatic rings. The maximum Gasteiger partial charge on any atom is 0.00130 e. The van der Waals surface area contributed by atoms with Crippen LogP contribution in [0.3, 0.4) is 0 Å². The van der Waals surface area contributed by atoms with Crippen molar-refractivity contribution in [3.63, 3.8) is 0 Å². The van der Waals surface area contributed by atoms with Crippen LogP contribution >= 0.6 is 12.4 Å². The van der Waals surface area contributed by atoms with Crippen molar-refractivity contribution in [1.82, 2.24) is 4.90 Å². The Labute approximate surface area is 158 Å². The van der Waals surface area contributed by atoms with E-state index in [4.69, 9.17) is 0 Å². The molecule has 1 saturated heterocycles. The number of benzene rings is 2. The Morgan fingerprint density at radius 3 is 2.20 bits per heavy atom. The van der Waals surface area contributed by atoms with Crippen LogP contribution in [-0.2, 0) is 19.3 Å². The van der Waals surface area contributed by atoms with E-state index in [0.29, 0.717) is 0 Å². The van der Waals surface area contributed by atoms with Crippen molar-refractivity contribution >= 4 is 12.4 Å². The van der Waals surface area contributed by atoms with Gasteiger partial charge in [-0.1, -0.05) is 54.6 Å². The van der Waals surface area contributed by atoms with E-state index in [9.17, 15) is 0 Å². The summed E-state index contributed by atoms with van der Waals surface area (Å²) in [5.74, 6) is 1.75. The number of rotatable bonds is 4. The van der Waals surface area contributed by atoms with E-state index < -0.39 is 0 Å². The van der Waals surface area contributed by atoms with Crippen LogP contribution in [0.2, 0.25) is 0 Å². The van der Waals surface area contributed by atoms with E-state index in [1.165, 1.54) is 63.7 Å². The minimum atomic E-state index is 0. The van der Waals surface area contributed by atoms with Gasteiger partial charge in [0.1, 0.15) is 0 Å². The summed E-state index contributed by atoms with van der Waals surface area (Å²) in [5, 5.41) is 0. The Kier molecular flexibility index (Phi) is 6.56. The van der Waals surface area contributed by atoms with Crippen molar-refractivity contribution in [3.8, 4) is 0 Å². The van der Waals surface area contributed by atoms with Crippen molar-refractivity contribution in [3.05, 3.63) is 71.3 Å². The molecule has 25 heavy (non-hydrogen) atoms. The van der Waals surface area contributed by atoms with Gasteiger partial charge in [0.2, 0.25) is 0 Å². The van der Waals surface area contributed by atoms with Gasteiger partial charge in [-0.25, -0.2) is 0 Å². The number of hydrogen-bond acceptors (Lipinski definition) is 1. The number of halogens is 1. The Bertz CT molecular complexity index is 646. The normalized spacial score (nSPS) is 21.4. The SMILES string of the molecule is Cl.c1ccc(CC2CCN(CC3CCc4ccccc4C3)CC2)cc1. The van der Waals surface area contributed by atoms with Gasteiger partial charge < -0.3 is 4.90 Å². The Morgan fingerprint density at radius 1 is 0.760 bits per heavy atom. The summed E-state index contributed by atoms with van der Waals surface area (Å²) in [6.45, 7) is 3.91. The molecule has 4 rings (SSSR count). The van der Waals surface area contributed by atoms with Gasteiger partial charge >= 0.3 is 0 Å². The van der Waals surface area contributed by atoms with Crippen LogP contribution in [-0.4, -0.2) is 24.5 Å². The van der Waals surface area contributed by atoms with Crippen molar-refractivity contribution < 1.29 is 0 Å². The average Bonchev–Trinajstić information content (AvgIpc) is 2.64. The summed E-state index contributed by atoms with van der Waals surface area (Å²) < 4.78 is 0. The molecule has 1 aliphatic heterocycles. The predicted octanol–water partition coefficient (Wildman–Crippen LogP) is 5.17. The third kappa shape index (κ3) is 4.86. The van der Waals surface area contributed by atoms with Crippen LogP contribution in [0.5, 0.6) is 0 Å². The van der Waals surface area contributed by atoms with Gasteiger partial charge in [0, 0.05) is 6.54 Å². The van der Waals surface area contributed by atoms with Crippen LogP contribution in [0.4, 0.5) is 0 Å². The van der Waals surface area contributed by atoms with E-state index in [1.807, 2.05) is 0 Å². The number of hydrogen-bond donors (Lipinski definition) is 0. The van der Waals surface area contributed by atoms with Gasteiger partial charge in [0.05, 0.1) is 0 Å². The minimum absolute atomic E-state index is 0. The van der Waals surface area contributed by atoms with Crippen LogP contribution in [0.25, 0.3) is 0 Å². The highest BCUT2D eigenvalue weighted by molar-refractivity contribution is 5.85. The summed E-state index contributed by atoms with van der Waals surface area (Å²) in [6, 6.07) is 20.1. The Hall–Kier alpha value is -1.31. The molecule has 0 saturated carbocycles. The third-order valence-electron chi connectivity index (χ3n) is 6.04. The van der Waals surface area contributed by atoms with E-state index >= 15 is 0 Å². The first-order valence-corrected chi connectivity index (χ1v) is 9.70. The van der Waals surface area contributed by atoms with Gasteiger partial charge in [-0.2, -0.15) is 0 Å². The van der Waals surface area contributed by atoms with E-state index in [2.05, 4.69) is 59.5 Å². The molecule has 1 fully saturated rings. The zero-order valence-corrected chi connectivity index (χ0v) is 15.9. The topological polar surface area (TPSA) is 3.24 Å². The van der Waals surface area contributed by atoms with Crippen molar-refractivity contribution in [2.45, 2.75) is 38.5 Å². The third-order valence-corrected chi connectivity index (χ3v) is 6.04. The molecule has 134 valence electrons. The molecular formula is C23H30ClN. The zero-order valence-electron chi connectivity index (χ0n) is 15.1. The average molecular weight is 356 g/mol. The highest BCUT2D eigenvalue weighted by Crippen LogP contribution is 2.28. The molecule has 1 nitrogen and oxygen atoms in total. The highest BCUT2D eigenvalue weighted by atomic mass is 35.5. The molecule has 2 aromatic carbocycles. The first-order valence-electron chi connectivity index (χ1n) is 9.70. The van der Waals surface area contributed by atoms with Gasteiger partial charge in [0.15, 0.2) is 0 Å².